The first kappa shape index (κ1) is 15.9. The van der Waals surface area contributed by atoms with Gasteiger partial charge in [-0.15, -0.1) is 0 Å². The summed E-state index contributed by atoms with van der Waals surface area (Å²) in [4.78, 5) is 29.0. The molecule has 0 bridgehead atoms. The van der Waals surface area contributed by atoms with Gasteiger partial charge >= 0.3 is 7.82 Å². The third-order valence-corrected chi connectivity index (χ3v) is 2.91. The summed E-state index contributed by atoms with van der Waals surface area (Å²) in [5, 5.41) is 2.70. The fourth-order valence-corrected chi connectivity index (χ4v) is 1.92. The van der Waals surface area contributed by atoms with Gasteiger partial charge in [-0.3, -0.25) is 9.32 Å². The molecular weight excluding hydrogens is 269 g/mol. The van der Waals surface area contributed by atoms with Crippen LogP contribution in [0.1, 0.15) is 31.4 Å². The Labute approximate surface area is 112 Å². The molecule has 0 spiro atoms. The summed E-state index contributed by atoms with van der Waals surface area (Å²) >= 11 is 0. The van der Waals surface area contributed by atoms with E-state index in [2.05, 4.69) is 9.84 Å². The summed E-state index contributed by atoms with van der Waals surface area (Å²) in [6.07, 6.45) is 1.06. The smallest absolute Gasteiger partial charge is 0.347 e. The molecule has 0 saturated carbocycles. The average molecular weight is 287 g/mol. The highest BCUT2D eigenvalue weighted by molar-refractivity contribution is 7.46. The summed E-state index contributed by atoms with van der Waals surface area (Å²) in [5.41, 5.74) is 0.736. The molecule has 0 saturated heterocycles. The number of phosphoric ester groups is 1. The minimum absolute atomic E-state index is 0.175. The van der Waals surface area contributed by atoms with Gasteiger partial charge in [-0.1, -0.05) is 37.3 Å². The molecule has 19 heavy (non-hydrogen) atoms. The van der Waals surface area contributed by atoms with Crippen LogP contribution in [0.2, 0.25) is 0 Å². The predicted octanol–water partition coefficient (Wildman–Crippen LogP) is 1.75. The van der Waals surface area contributed by atoms with E-state index in [1.165, 1.54) is 0 Å². The van der Waals surface area contributed by atoms with Gasteiger partial charge in [0.25, 0.3) is 0 Å². The van der Waals surface area contributed by atoms with Crippen LogP contribution in [0.5, 0.6) is 0 Å². The minimum atomic E-state index is -4.55. The SMILES string of the molecule is CCCC(=O)N[C@@H](COP(=O)(O)O)c1ccccc1. The molecule has 3 N–H and O–H groups in total. The molecule has 0 unspecified atom stereocenters. The Kier molecular flexibility index (Phi) is 6.18. The molecule has 0 aliphatic heterocycles. The summed E-state index contributed by atoms with van der Waals surface area (Å²) in [6.45, 7) is 1.60. The second kappa shape index (κ2) is 7.40. The molecule has 0 heterocycles. The molecule has 1 rings (SSSR count). The van der Waals surface area contributed by atoms with Gasteiger partial charge in [0.1, 0.15) is 0 Å². The number of nitrogens with one attached hydrogen (secondary N) is 1. The number of carbonyl (C=O) groups is 1. The molecule has 0 fully saturated rings. The second-order valence-electron chi connectivity index (χ2n) is 4.07. The van der Waals surface area contributed by atoms with Gasteiger partial charge in [-0.05, 0) is 12.0 Å². The van der Waals surface area contributed by atoms with Crippen molar-refractivity contribution in [3.05, 3.63) is 35.9 Å². The highest BCUT2D eigenvalue weighted by atomic mass is 31.2. The van der Waals surface area contributed by atoms with Gasteiger partial charge in [-0.2, -0.15) is 0 Å². The molecule has 1 atom stereocenters. The van der Waals surface area contributed by atoms with Crippen LogP contribution in [-0.4, -0.2) is 22.3 Å². The highest BCUT2D eigenvalue weighted by Gasteiger charge is 2.20. The monoisotopic (exact) mass is 287 g/mol. The van der Waals surface area contributed by atoms with E-state index in [0.717, 1.165) is 5.56 Å². The van der Waals surface area contributed by atoms with Gasteiger partial charge in [0, 0.05) is 6.42 Å². The number of hydrogen-bond acceptors (Lipinski definition) is 3. The van der Waals surface area contributed by atoms with Crippen molar-refractivity contribution in [3.63, 3.8) is 0 Å². The van der Waals surface area contributed by atoms with E-state index in [4.69, 9.17) is 9.79 Å². The molecule has 106 valence electrons. The van der Waals surface area contributed by atoms with Gasteiger partial charge in [0.05, 0.1) is 12.6 Å². The maximum absolute atomic E-state index is 11.6. The zero-order chi connectivity index (χ0) is 14.3. The van der Waals surface area contributed by atoms with E-state index in [-0.39, 0.29) is 12.5 Å². The van der Waals surface area contributed by atoms with Crippen molar-refractivity contribution in [3.8, 4) is 0 Å². The van der Waals surface area contributed by atoms with Crippen LogP contribution >= 0.6 is 7.82 Å². The molecule has 0 radical (unpaired) electrons. The van der Waals surface area contributed by atoms with Crippen LogP contribution in [0.25, 0.3) is 0 Å². The Bertz CT molecular complexity index is 445. The fraction of sp³-hybridized carbons (Fsp3) is 0.417. The van der Waals surface area contributed by atoms with Crippen molar-refractivity contribution < 1.29 is 23.7 Å². The third-order valence-electron chi connectivity index (χ3n) is 2.42. The van der Waals surface area contributed by atoms with E-state index in [9.17, 15) is 9.36 Å². The first-order chi connectivity index (χ1) is 8.92. The molecule has 6 nitrogen and oxygen atoms in total. The lowest BCUT2D eigenvalue weighted by Gasteiger charge is -2.19. The Hall–Kier alpha value is -1.20. The second-order valence-corrected chi connectivity index (χ2v) is 5.31. The first-order valence-corrected chi connectivity index (χ1v) is 7.50. The number of rotatable bonds is 7. The normalized spacial score (nSPS) is 13.0. The van der Waals surface area contributed by atoms with E-state index in [0.29, 0.717) is 12.8 Å². The number of amides is 1. The van der Waals surface area contributed by atoms with E-state index < -0.39 is 13.9 Å². The first-order valence-electron chi connectivity index (χ1n) is 5.96. The van der Waals surface area contributed by atoms with E-state index in [1.807, 2.05) is 13.0 Å². The molecule has 1 amide bonds. The number of hydrogen-bond donors (Lipinski definition) is 3. The quantitative estimate of drug-likeness (QED) is 0.664. The Morgan fingerprint density at radius 3 is 2.53 bits per heavy atom. The maximum Gasteiger partial charge on any atom is 0.469 e. The Balaban J connectivity index is 2.73. The molecular formula is C12H18NO5P. The number of benzene rings is 1. The summed E-state index contributed by atoms with van der Waals surface area (Å²) in [5.74, 6) is -0.175. The van der Waals surface area contributed by atoms with Crippen LogP contribution < -0.4 is 5.32 Å². The minimum Gasteiger partial charge on any atom is -0.347 e. The molecule has 0 aliphatic carbocycles. The van der Waals surface area contributed by atoms with Crippen LogP contribution in [0.15, 0.2) is 30.3 Å². The largest absolute Gasteiger partial charge is 0.469 e. The van der Waals surface area contributed by atoms with Crippen LogP contribution in [-0.2, 0) is 13.9 Å². The lowest BCUT2D eigenvalue weighted by molar-refractivity contribution is -0.122. The number of carbonyl (C=O) groups excluding carboxylic acids is 1. The van der Waals surface area contributed by atoms with Gasteiger partial charge in [0.15, 0.2) is 0 Å². The van der Waals surface area contributed by atoms with Crippen molar-refractivity contribution in [1.82, 2.24) is 5.32 Å². The maximum atomic E-state index is 11.6. The van der Waals surface area contributed by atoms with Crippen LogP contribution in [0.3, 0.4) is 0 Å². The molecule has 0 aromatic heterocycles. The van der Waals surface area contributed by atoms with E-state index >= 15 is 0 Å². The van der Waals surface area contributed by atoms with Gasteiger partial charge in [-0.25, -0.2) is 4.57 Å². The van der Waals surface area contributed by atoms with Gasteiger partial charge in [0.2, 0.25) is 5.91 Å². The highest BCUT2D eigenvalue weighted by Crippen LogP contribution is 2.37. The van der Waals surface area contributed by atoms with Gasteiger partial charge < -0.3 is 15.1 Å². The average Bonchev–Trinajstić information content (AvgIpc) is 2.35. The van der Waals surface area contributed by atoms with Crippen LogP contribution in [0.4, 0.5) is 0 Å². The zero-order valence-electron chi connectivity index (χ0n) is 10.7. The van der Waals surface area contributed by atoms with Crippen molar-refractivity contribution in [2.24, 2.45) is 0 Å². The third kappa shape index (κ3) is 6.50. The molecule has 0 aliphatic rings. The topological polar surface area (TPSA) is 95.9 Å². The lowest BCUT2D eigenvalue weighted by Crippen LogP contribution is -2.31. The lowest BCUT2D eigenvalue weighted by atomic mass is 10.1. The number of phosphoric acid groups is 1. The summed E-state index contributed by atoms with van der Waals surface area (Å²) in [7, 11) is -4.55. The Morgan fingerprint density at radius 2 is 2.00 bits per heavy atom. The van der Waals surface area contributed by atoms with Crippen molar-refractivity contribution in [2.75, 3.05) is 6.61 Å². The van der Waals surface area contributed by atoms with E-state index in [1.54, 1.807) is 24.3 Å². The zero-order valence-corrected chi connectivity index (χ0v) is 11.5. The fourth-order valence-electron chi connectivity index (χ4n) is 1.57. The standard InChI is InChI=1S/C12H18NO5P/c1-2-6-12(14)13-11(9-18-19(15,16)17)10-7-4-3-5-8-10/h3-5,7-8,11H,2,6,9H2,1H3,(H,13,14)(H2,15,16,17)/t11-/m0/s1. The van der Waals surface area contributed by atoms with Crippen molar-refractivity contribution in [2.45, 2.75) is 25.8 Å². The van der Waals surface area contributed by atoms with Crippen LogP contribution in [0, 0.1) is 0 Å². The predicted molar refractivity (Wildman–Crippen MR) is 70.2 cm³/mol. The molecule has 1 aromatic rings. The summed E-state index contributed by atoms with van der Waals surface area (Å²) in [6, 6.07) is 8.34. The molecule has 7 heteroatoms. The molecule has 1 aromatic carbocycles. The van der Waals surface area contributed by atoms with Crippen molar-refractivity contribution >= 4 is 13.7 Å². The Morgan fingerprint density at radius 1 is 1.37 bits per heavy atom. The summed E-state index contributed by atoms with van der Waals surface area (Å²) < 4.78 is 15.2. The van der Waals surface area contributed by atoms with Crippen molar-refractivity contribution in [1.29, 1.82) is 0 Å².